The molecule has 0 radical (unpaired) electrons. The van der Waals surface area contributed by atoms with Crippen LogP contribution in [0.1, 0.15) is 39.3 Å². The van der Waals surface area contributed by atoms with E-state index in [2.05, 4.69) is 46.7 Å². The molecule has 0 spiro atoms. The van der Waals surface area contributed by atoms with Crippen LogP contribution in [0.3, 0.4) is 0 Å². The van der Waals surface area contributed by atoms with Gasteiger partial charge in [-0.3, -0.25) is 9.79 Å². The minimum Gasteiger partial charge on any atom is -0.492 e. The molecule has 0 unspecified atom stereocenters. The number of nitrogens with zero attached hydrogens (tertiary/aromatic N) is 2. The molecule has 1 heterocycles. The van der Waals surface area contributed by atoms with Crippen molar-refractivity contribution in [2.45, 2.75) is 39.7 Å². The Morgan fingerprint density at radius 1 is 1.29 bits per heavy atom. The number of amides is 1. The molecule has 0 saturated heterocycles. The first-order chi connectivity index (χ1) is 13.3. The first-order valence-corrected chi connectivity index (χ1v) is 9.18. The van der Waals surface area contributed by atoms with Crippen molar-refractivity contribution in [1.82, 2.24) is 15.6 Å². The topological polar surface area (TPSA) is 101 Å². The quantitative estimate of drug-likeness (QED) is 0.384. The number of hydrogen-bond acceptors (Lipinski definition) is 5. The molecule has 28 heavy (non-hydrogen) atoms. The summed E-state index contributed by atoms with van der Waals surface area (Å²) in [4.78, 5) is 19.6. The van der Waals surface area contributed by atoms with E-state index >= 15 is 0 Å². The lowest BCUT2D eigenvalue weighted by molar-refractivity contribution is -0.114. The van der Waals surface area contributed by atoms with Crippen molar-refractivity contribution in [1.29, 1.82) is 0 Å². The number of carbonyl (C=O) groups is 1. The molecule has 1 amide bonds. The molecule has 3 N–H and O–H groups in total. The van der Waals surface area contributed by atoms with E-state index in [4.69, 9.17) is 9.15 Å². The number of guanidine groups is 1. The molecule has 1 aromatic carbocycles. The number of benzene rings is 1. The summed E-state index contributed by atoms with van der Waals surface area (Å²) in [5.74, 6) is 2.66. The molecule has 0 bridgehead atoms. The van der Waals surface area contributed by atoms with E-state index in [-0.39, 0.29) is 11.3 Å². The smallest absolute Gasteiger partial charge is 0.221 e. The average Bonchev–Trinajstić information content (AvgIpc) is 3.10. The molecule has 2 rings (SSSR count). The summed E-state index contributed by atoms with van der Waals surface area (Å²) in [6, 6.07) is 7.26. The zero-order chi connectivity index (χ0) is 20.6. The summed E-state index contributed by atoms with van der Waals surface area (Å²) in [7, 11) is 1.70. The summed E-state index contributed by atoms with van der Waals surface area (Å²) in [5.41, 5.74) is 0.635. The number of aromatic nitrogens is 1. The molecular formula is C20H29N5O3. The Morgan fingerprint density at radius 2 is 2.07 bits per heavy atom. The maximum atomic E-state index is 11.1. The third kappa shape index (κ3) is 6.94. The molecule has 0 fully saturated rings. The number of oxazole rings is 1. The fraction of sp³-hybridized carbons (Fsp3) is 0.450. The Morgan fingerprint density at radius 3 is 2.71 bits per heavy atom. The van der Waals surface area contributed by atoms with Gasteiger partial charge in [-0.05, 0) is 12.1 Å². The minimum absolute atomic E-state index is 0.0697. The predicted molar refractivity (Wildman–Crippen MR) is 110 cm³/mol. The lowest BCUT2D eigenvalue weighted by Crippen LogP contribution is -2.38. The van der Waals surface area contributed by atoms with E-state index < -0.39 is 0 Å². The SMILES string of the molecule is CN=C(NCCOc1cccc(NC(C)=O)c1)NCc1ncc(C(C)(C)C)o1. The minimum atomic E-state index is -0.116. The van der Waals surface area contributed by atoms with Crippen LogP contribution in [-0.4, -0.2) is 37.1 Å². The van der Waals surface area contributed by atoms with E-state index in [9.17, 15) is 4.79 Å². The van der Waals surface area contributed by atoms with Crippen molar-refractivity contribution in [3.63, 3.8) is 0 Å². The molecule has 1 aromatic heterocycles. The highest BCUT2D eigenvalue weighted by Crippen LogP contribution is 2.22. The van der Waals surface area contributed by atoms with E-state index in [0.29, 0.717) is 43.0 Å². The summed E-state index contributed by atoms with van der Waals surface area (Å²) in [5, 5.41) is 9.06. The van der Waals surface area contributed by atoms with Crippen LogP contribution in [0, 0.1) is 0 Å². The largest absolute Gasteiger partial charge is 0.492 e. The van der Waals surface area contributed by atoms with Crippen molar-refractivity contribution in [3.05, 3.63) is 42.1 Å². The van der Waals surface area contributed by atoms with Crippen molar-refractivity contribution in [2.75, 3.05) is 25.5 Å². The number of hydrogen-bond donors (Lipinski definition) is 3. The van der Waals surface area contributed by atoms with E-state index in [0.717, 1.165) is 5.76 Å². The van der Waals surface area contributed by atoms with Gasteiger partial charge in [0.25, 0.3) is 0 Å². The third-order valence-corrected chi connectivity index (χ3v) is 3.74. The van der Waals surface area contributed by atoms with Crippen LogP contribution in [-0.2, 0) is 16.8 Å². The molecule has 0 aliphatic carbocycles. The van der Waals surface area contributed by atoms with Gasteiger partial charge in [0.1, 0.15) is 18.1 Å². The summed E-state index contributed by atoms with van der Waals surface area (Å²) >= 11 is 0. The molecule has 0 aliphatic rings. The number of rotatable bonds is 7. The summed E-state index contributed by atoms with van der Waals surface area (Å²) in [6.45, 7) is 9.15. The van der Waals surface area contributed by atoms with Gasteiger partial charge in [-0.2, -0.15) is 0 Å². The molecule has 8 nitrogen and oxygen atoms in total. The van der Waals surface area contributed by atoms with Gasteiger partial charge >= 0.3 is 0 Å². The zero-order valence-electron chi connectivity index (χ0n) is 17.1. The van der Waals surface area contributed by atoms with Crippen LogP contribution in [0.2, 0.25) is 0 Å². The summed E-state index contributed by atoms with van der Waals surface area (Å²) < 4.78 is 11.5. The van der Waals surface area contributed by atoms with Gasteiger partial charge < -0.3 is 25.1 Å². The molecule has 152 valence electrons. The number of nitrogens with one attached hydrogen (secondary N) is 3. The highest BCUT2D eigenvalue weighted by molar-refractivity contribution is 5.88. The van der Waals surface area contributed by atoms with E-state index in [1.165, 1.54) is 6.92 Å². The number of aliphatic imine (C=N–C) groups is 1. The van der Waals surface area contributed by atoms with Gasteiger partial charge in [0.05, 0.1) is 19.3 Å². The molecule has 8 heteroatoms. The van der Waals surface area contributed by atoms with E-state index in [1.54, 1.807) is 19.3 Å². The van der Waals surface area contributed by atoms with Gasteiger partial charge in [0, 0.05) is 31.1 Å². The van der Waals surface area contributed by atoms with Crippen molar-refractivity contribution in [2.24, 2.45) is 4.99 Å². The van der Waals surface area contributed by atoms with Crippen LogP contribution >= 0.6 is 0 Å². The monoisotopic (exact) mass is 387 g/mol. The van der Waals surface area contributed by atoms with E-state index in [1.807, 2.05) is 18.2 Å². The van der Waals surface area contributed by atoms with Crippen LogP contribution in [0.25, 0.3) is 0 Å². The molecule has 2 aromatic rings. The van der Waals surface area contributed by atoms with Gasteiger partial charge in [0.2, 0.25) is 11.8 Å². The maximum absolute atomic E-state index is 11.1. The molecule has 0 atom stereocenters. The lowest BCUT2D eigenvalue weighted by Gasteiger charge is -2.13. The molecule has 0 saturated carbocycles. The Balaban J connectivity index is 1.74. The Labute approximate surface area is 165 Å². The summed E-state index contributed by atoms with van der Waals surface area (Å²) in [6.07, 6.45) is 1.76. The van der Waals surface area contributed by atoms with Crippen LogP contribution in [0.15, 0.2) is 39.9 Å². The highest BCUT2D eigenvalue weighted by atomic mass is 16.5. The fourth-order valence-electron chi connectivity index (χ4n) is 2.32. The predicted octanol–water partition coefficient (Wildman–Crippen LogP) is 2.67. The van der Waals surface area contributed by atoms with Crippen LogP contribution in [0.5, 0.6) is 5.75 Å². The van der Waals surface area contributed by atoms with Gasteiger partial charge in [-0.25, -0.2) is 4.98 Å². The second kappa shape index (κ2) is 9.77. The van der Waals surface area contributed by atoms with Crippen molar-refractivity contribution in [3.8, 4) is 5.75 Å². The Kier molecular flexibility index (Phi) is 7.43. The van der Waals surface area contributed by atoms with Gasteiger partial charge in [-0.1, -0.05) is 26.8 Å². The second-order valence-corrected chi connectivity index (χ2v) is 7.28. The van der Waals surface area contributed by atoms with Crippen LogP contribution in [0.4, 0.5) is 5.69 Å². The number of ether oxygens (including phenoxy) is 1. The van der Waals surface area contributed by atoms with Crippen molar-refractivity contribution >= 4 is 17.6 Å². The lowest BCUT2D eigenvalue weighted by atomic mass is 9.94. The Bertz CT molecular complexity index is 808. The Hall–Kier alpha value is -3.03. The maximum Gasteiger partial charge on any atom is 0.221 e. The van der Waals surface area contributed by atoms with Crippen LogP contribution < -0.4 is 20.7 Å². The first-order valence-electron chi connectivity index (χ1n) is 9.18. The van der Waals surface area contributed by atoms with Gasteiger partial charge in [0.15, 0.2) is 5.96 Å². The average molecular weight is 387 g/mol. The normalized spacial score (nSPS) is 11.8. The number of anilines is 1. The highest BCUT2D eigenvalue weighted by Gasteiger charge is 2.19. The standard InChI is InChI=1S/C20H29N5O3/c1-14(26)25-15-7-6-8-16(11-15)27-10-9-22-19(21-5)24-13-18-23-12-17(28-18)20(2,3)4/h6-8,11-12H,9-10,13H2,1-5H3,(H,25,26)(H2,21,22,24). The fourth-order valence-corrected chi connectivity index (χ4v) is 2.32. The molecule has 0 aliphatic heterocycles. The molecular weight excluding hydrogens is 358 g/mol. The third-order valence-electron chi connectivity index (χ3n) is 3.74. The number of carbonyl (C=O) groups excluding carboxylic acids is 1. The first kappa shape index (κ1) is 21.3. The van der Waals surface area contributed by atoms with Crippen molar-refractivity contribution < 1.29 is 13.9 Å². The second-order valence-electron chi connectivity index (χ2n) is 7.28. The van der Waals surface area contributed by atoms with Gasteiger partial charge in [-0.15, -0.1) is 0 Å². The zero-order valence-corrected chi connectivity index (χ0v) is 17.1.